The van der Waals surface area contributed by atoms with Crippen LogP contribution in [0.4, 0.5) is 5.82 Å². The number of nitrogens with two attached hydrogens (primary N) is 2. The Morgan fingerprint density at radius 1 is 1.42 bits per heavy atom. The van der Waals surface area contributed by atoms with E-state index in [0.717, 1.165) is 0 Å². The molecule has 0 unspecified atom stereocenters. The topological polar surface area (TPSA) is 151 Å². The van der Waals surface area contributed by atoms with Crippen molar-refractivity contribution in [2.45, 2.75) is 12.8 Å². The zero-order chi connectivity index (χ0) is 14.0. The fraction of sp³-hybridized carbons (Fsp3) is 0.375. The molecule has 4 N–H and O–H groups in total. The predicted octanol–water partition coefficient (Wildman–Crippen LogP) is -2.30. The summed E-state index contributed by atoms with van der Waals surface area (Å²) in [6.07, 6.45) is 1.34. The standard InChI is InChI=1S/C8H13N6O3PS/c9-5(17-4-18(15,16)19)1-14-3-13-6-7(10)11-2-12-8(6)14/h2-3,5H,1,4,9H2,(H2,10,11,12)(H2,15,16,19)/p-2/t5-/m0/s1. The maximum absolute atomic E-state index is 10.8. The van der Waals surface area contributed by atoms with Crippen molar-refractivity contribution < 1.29 is 14.5 Å². The van der Waals surface area contributed by atoms with Gasteiger partial charge in [-0.1, -0.05) is 0 Å². The number of hydrogen-bond donors (Lipinski definition) is 2. The Hall–Kier alpha value is -1.16. The normalized spacial score (nSPS) is 13.8. The average molecular weight is 302 g/mol. The number of rotatable bonds is 5. The summed E-state index contributed by atoms with van der Waals surface area (Å²) < 4.78 is 6.53. The molecule has 2 heterocycles. The lowest BCUT2D eigenvalue weighted by molar-refractivity contribution is -0.300. The van der Waals surface area contributed by atoms with Crippen LogP contribution in [0, 0.1) is 0 Å². The Balaban J connectivity index is 2.09. The summed E-state index contributed by atoms with van der Waals surface area (Å²) in [7, 11) is 0. The molecule has 0 aliphatic heterocycles. The molecule has 11 heteroatoms. The van der Waals surface area contributed by atoms with Gasteiger partial charge in [0.2, 0.25) is 0 Å². The first-order valence-corrected chi connectivity index (χ1v) is 7.99. The van der Waals surface area contributed by atoms with Crippen LogP contribution in [-0.4, -0.2) is 32.1 Å². The summed E-state index contributed by atoms with van der Waals surface area (Å²) >= 11 is 4.21. The number of imidazole rings is 1. The van der Waals surface area contributed by atoms with Gasteiger partial charge in [-0.25, -0.2) is 15.0 Å². The van der Waals surface area contributed by atoms with E-state index in [9.17, 15) is 9.79 Å². The molecule has 104 valence electrons. The Morgan fingerprint density at radius 2 is 2.16 bits per heavy atom. The van der Waals surface area contributed by atoms with Crippen LogP contribution in [0.15, 0.2) is 12.7 Å². The Bertz CT molecular complexity index is 628. The summed E-state index contributed by atoms with van der Waals surface area (Å²) in [6, 6.07) is 0. The molecule has 0 spiro atoms. The maximum atomic E-state index is 10.8. The zero-order valence-corrected chi connectivity index (χ0v) is 11.4. The highest BCUT2D eigenvalue weighted by Gasteiger charge is 2.10. The maximum Gasteiger partial charge on any atom is 0.165 e. The minimum atomic E-state index is -3.90. The molecule has 0 aliphatic carbocycles. The van der Waals surface area contributed by atoms with Crippen LogP contribution >= 0.6 is 6.49 Å². The van der Waals surface area contributed by atoms with Crippen molar-refractivity contribution in [1.82, 2.24) is 19.5 Å². The second-order valence-corrected chi connectivity index (χ2v) is 6.92. The Morgan fingerprint density at radius 3 is 2.84 bits per heavy atom. The van der Waals surface area contributed by atoms with Gasteiger partial charge in [0.15, 0.2) is 11.5 Å². The summed E-state index contributed by atoms with van der Waals surface area (Å²) in [6.45, 7) is -3.74. The van der Waals surface area contributed by atoms with Crippen LogP contribution in [0.3, 0.4) is 0 Å². The van der Waals surface area contributed by atoms with Crippen molar-refractivity contribution in [1.29, 1.82) is 0 Å². The van der Waals surface area contributed by atoms with E-state index in [4.69, 9.17) is 16.2 Å². The molecule has 2 rings (SSSR count). The van der Waals surface area contributed by atoms with Crippen molar-refractivity contribution >= 4 is 35.3 Å². The minimum absolute atomic E-state index is 0.169. The van der Waals surface area contributed by atoms with Crippen molar-refractivity contribution in [2.75, 3.05) is 12.1 Å². The number of nitrogens with zero attached hydrogens (tertiary/aromatic N) is 4. The van der Waals surface area contributed by atoms with Gasteiger partial charge in [0, 0.05) is 6.35 Å². The first kappa shape index (κ1) is 14.3. The lowest BCUT2D eigenvalue weighted by Crippen LogP contribution is -2.31. The quantitative estimate of drug-likeness (QED) is 0.458. The fourth-order valence-corrected chi connectivity index (χ4v) is 2.02. The number of fused-ring (bicyclic) bond motifs is 1. The number of ether oxygens (including phenoxy) is 1. The third-order valence-electron chi connectivity index (χ3n) is 2.25. The summed E-state index contributed by atoms with van der Waals surface area (Å²) in [4.78, 5) is 33.5. The molecule has 0 radical (unpaired) electrons. The Labute approximate surface area is 113 Å². The number of nitrogen functional groups attached to an aromatic ring is 1. The van der Waals surface area contributed by atoms with Crippen molar-refractivity contribution in [3.63, 3.8) is 0 Å². The highest BCUT2D eigenvalue weighted by molar-refractivity contribution is 8.07. The van der Waals surface area contributed by atoms with Crippen molar-refractivity contribution in [3.05, 3.63) is 12.7 Å². The molecule has 0 saturated carbocycles. The SMILES string of the molecule is Nc1ncnc2c1ncn2C[C@@H](N)OCP([O-])([O-])=S. The molecule has 1 atom stereocenters. The predicted molar refractivity (Wildman–Crippen MR) is 67.9 cm³/mol. The molecule has 0 saturated heterocycles. The van der Waals surface area contributed by atoms with Gasteiger partial charge in [0.25, 0.3) is 0 Å². The van der Waals surface area contributed by atoms with Crippen LogP contribution in [-0.2, 0) is 23.1 Å². The molecule has 0 aliphatic rings. The van der Waals surface area contributed by atoms with E-state index in [1.165, 1.54) is 12.7 Å². The summed E-state index contributed by atoms with van der Waals surface area (Å²) in [5, 5.41) is 0. The van der Waals surface area contributed by atoms with Gasteiger partial charge in [-0.2, -0.15) is 6.49 Å². The van der Waals surface area contributed by atoms with Crippen molar-refractivity contribution in [2.24, 2.45) is 5.73 Å². The number of hydrogen-bond acceptors (Lipinski definition) is 9. The molecule has 19 heavy (non-hydrogen) atoms. The second-order valence-electron chi connectivity index (χ2n) is 3.77. The first-order valence-electron chi connectivity index (χ1n) is 5.16. The van der Waals surface area contributed by atoms with E-state index in [-0.39, 0.29) is 12.4 Å². The molecule has 2 aromatic rings. The smallest absolute Gasteiger partial charge is 0.165 e. The monoisotopic (exact) mass is 302 g/mol. The van der Waals surface area contributed by atoms with Gasteiger partial charge < -0.3 is 30.6 Å². The highest BCUT2D eigenvalue weighted by Crippen LogP contribution is 2.23. The molecular weight excluding hydrogens is 291 g/mol. The largest absolute Gasteiger partial charge is 0.831 e. The average Bonchev–Trinajstić information content (AvgIpc) is 2.71. The van der Waals surface area contributed by atoms with Gasteiger partial charge in [0.1, 0.15) is 18.1 Å². The Kier molecular flexibility index (Phi) is 4.09. The van der Waals surface area contributed by atoms with Gasteiger partial charge >= 0.3 is 0 Å². The summed E-state index contributed by atoms with van der Waals surface area (Å²) in [5.74, 6) is 0.257. The second kappa shape index (κ2) is 5.45. The van der Waals surface area contributed by atoms with E-state index >= 15 is 0 Å². The highest BCUT2D eigenvalue weighted by atomic mass is 32.5. The minimum Gasteiger partial charge on any atom is -0.831 e. The van der Waals surface area contributed by atoms with E-state index in [1.54, 1.807) is 4.57 Å². The molecule has 0 bridgehead atoms. The molecule has 0 aromatic carbocycles. The van der Waals surface area contributed by atoms with Gasteiger partial charge in [-0.15, -0.1) is 11.8 Å². The van der Waals surface area contributed by atoms with E-state index in [2.05, 4.69) is 26.8 Å². The van der Waals surface area contributed by atoms with Crippen LogP contribution in [0.5, 0.6) is 0 Å². The third kappa shape index (κ3) is 3.66. The van der Waals surface area contributed by atoms with Crippen molar-refractivity contribution in [3.8, 4) is 0 Å². The fourth-order valence-electron chi connectivity index (χ4n) is 1.47. The lowest BCUT2D eigenvalue weighted by Gasteiger charge is -2.35. The molecule has 9 nitrogen and oxygen atoms in total. The summed E-state index contributed by atoms with van der Waals surface area (Å²) in [5.41, 5.74) is 12.2. The van der Waals surface area contributed by atoms with Gasteiger partial charge in [-0.05, 0) is 0 Å². The lowest BCUT2D eigenvalue weighted by atomic mass is 10.5. The molecule has 2 aromatic heterocycles. The van der Waals surface area contributed by atoms with Crippen LogP contribution in [0.2, 0.25) is 0 Å². The van der Waals surface area contributed by atoms with Crippen LogP contribution in [0.25, 0.3) is 11.2 Å². The van der Waals surface area contributed by atoms with Crippen LogP contribution < -0.4 is 21.3 Å². The third-order valence-corrected chi connectivity index (χ3v) is 3.03. The number of anilines is 1. The molecule has 0 amide bonds. The van der Waals surface area contributed by atoms with E-state index in [0.29, 0.717) is 11.2 Å². The molecular formula is C8H11N6O3PS-2. The van der Waals surface area contributed by atoms with Crippen LogP contribution in [0.1, 0.15) is 0 Å². The molecule has 0 fully saturated rings. The van der Waals surface area contributed by atoms with E-state index in [1.807, 2.05) is 0 Å². The first-order chi connectivity index (χ1) is 8.87. The zero-order valence-electron chi connectivity index (χ0n) is 9.67. The van der Waals surface area contributed by atoms with E-state index < -0.39 is 19.1 Å². The van der Waals surface area contributed by atoms with Gasteiger partial charge in [-0.3, -0.25) is 0 Å². The van der Waals surface area contributed by atoms with Gasteiger partial charge in [0.05, 0.1) is 12.9 Å². The number of aromatic nitrogens is 4.